The average molecular weight is 271 g/mol. The van der Waals surface area contributed by atoms with Crippen molar-refractivity contribution in [2.75, 3.05) is 13.1 Å². The topological polar surface area (TPSA) is 105 Å². The average Bonchev–Trinajstić information content (AvgIpc) is 2.68. The van der Waals surface area contributed by atoms with Gasteiger partial charge in [-0.05, 0) is 19.9 Å². The minimum absolute atomic E-state index is 0.0350. The monoisotopic (exact) mass is 271 g/mol. The Kier molecular flexibility index (Phi) is 5.73. The molecule has 0 unspecified atom stereocenters. The van der Waals surface area contributed by atoms with Gasteiger partial charge in [-0.15, -0.1) is 11.3 Å². The van der Waals surface area contributed by atoms with E-state index >= 15 is 0 Å². The molecule has 1 aromatic rings. The third kappa shape index (κ3) is 4.42. The summed E-state index contributed by atoms with van der Waals surface area (Å²) >= 11 is 1.16. The van der Waals surface area contributed by atoms with Crippen molar-refractivity contribution in [2.45, 2.75) is 26.2 Å². The first kappa shape index (κ1) is 14.6. The molecule has 0 saturated carbocycles. The van der Waals surface area contributed by atoms with Gasteiger partial charge in [0.15, 0.2) is 0 Å². The van der Waals surface area contributed by atoms with Crippen molar-refractivity contribution in [2.24, 2.45) is 5.73 Å². The van der Waals surface area contributed by atoms with Crippen LogP contribution in [0.1, 0.15) is 33.2 Å². The predicted octanol–water partition coefficient (Wildman–Crippen LogP) is 0.547. The van der Waals surface area contributed by atoms with Gasteiger partial charge in [-0.25, -0.2) is 9.78 Å². The second kappa shape index (κ2) is 7.07. The van der Waals surface area contributed by atoms with Crippen molar-refractivity contribution < 1.29 is 14.7 Å². The number of carboxylic acids is 1. The second-order valence-electron chi connectivity index (χ2n) is 3.82. The second-order valence-corrected chi connectivity index (χ2v) is 4.90. The van der Waals surface area contributed by atoms with Gasteiger partial charge in [0.25, 0.3) is 0 Å². The molecule has 0 aliphatic rings. The van der Waals surface area contributed by atoms with E-state index in [1.807, 2.05) is 0 Å². The minimum Gasteiger partial charge on any atom is -0.477 e. The van der Waals surface area contributed by atoms with Gasteiger partial charge < -0.3 is 16.2 Å². The first-order valence-corrected chi connectivity index (χ1v) is 6.52. The molecule has 0 saturated heterocycles. The first-order chi connectivity index (χ1) is 8.54. The van der Waals surface area contributed by atoms with E-state index in [1.54, 1.807) is 6.92 Å². The number of aromatic carboxylic acids is 1. The largest absolute Gasteiger partial charge is 0.477 e. The molecular formula is C11H17N3O3S. The molecule has 0 fully saturated rings. The molecular weight excluding hydrogens is 254 g/mol. The van der Waals surface area contributed by atoms with Crippen LogP contribution in [0, 0.1) is 6.92 Å². The zero-order valence-electron chi connectivity index (χ0n) is 10.2. The number of aryl methyl sites for hydroxylation is 1. The molecule has 0 bridgehead atoms. The van der Waals surface area contributed by atoms with Crippen LogP contribution in [-0.2, 0) is 11.2 Å². The van der Waals surface area contributed by atoms with Gasteiger partial charge in [-0.2, -0.15) is 0 Å². The molecule has 6 nitrogen and oxygen atoms in total. The van der Waals surface area contributed by atoms with Crippen LogP contribution in [0.15, 0.2) is 0 Å². The Morgan fingerprint density at radius 3 is 2.78 bits per heavy atom. The Balaban J connectivity index is 2.38. The molecule has 0 aliphatic heterocycles. The quantitative estimate of drug-likeness (QED) is 0.671. The molecule has 4 N–H and O–H groups in total. The summed E-state index contributed by atoms with van der Waals surface area (Å²) in [6.45, 7) is 2.64. The lowest BCUT2D eigenvalue weighted by Gasteiger charge is -2.02. The number of hydrogen-bond donors (Lipinski definition) is 3. The van der Waals surface area contributed by atoms with Crippen LogP contribution >= 0.6 is 11.3 Å². The van der Waals surface area contributed by atoms with E-state index in [0.717, 1.165) is 16.3 Å². The van der Waals surface area contributed by atoms with E-state index in [0.29, 0.717) is 38.0 Å². The van der Waals surface area contributed by atoms with Gasteiger partial charge in [0.2, 0.25) is 5.91 Å². The molecule has 1 amide bonds. The Bertz CT molecular complexity index is 431. The Hall–Kier alpha value is -1.47. The molecule has 7 heteroatoms. The standard InChI is InChI=1S/C11H17N3O3S/c1-7-10(11(16)17)18-9(14-7)4-6-13-8(15)3-2-5-12/h2-6,12H2,1H3,(H,13,15)(H,16,17). The fourth-order valence-corrected chi connectivity index (χ4v) is 2.32. The van der Waals surface area contributed by atoms with Gasteiger partial charge in [0, 0.05) is 19.4 Å². The highest BCUT2D eigenvalue weighted by atomic mass is 32.1. The number of hydrogen-bond acceptors (Lipinski definition) is 5. The number of carbonyl (C=O) groups is 2. The van der Waals surface area contributed by atoms with Crippen LogP contribution in [0.5, 0.6) is 0 Å². The van der Waals surface area contributed by atoms with Crippen LogP contribution in [0.4, 0.5) is 0 Å². The lowest BCUT2D eigenvalue weighted by atomic mass is 10.3. The van der Waals surface area contributed by atoms with Crippen molar-refractivity contribution in [1.82, 2.24) is 10.3 Å². The summed E-state index contributed by atoms with van der Waals surface area (Å²) in [6, 6.07) is 0. The van der Waals surface area contributed by atoms with Gasteiger partial charge in [-0.1, -0.05) is 0 Å². The molecule has 1 rings (SSSR count). The summed E-state index contributed by atoms with van der Waals surface area (Å²) in [7, 11) is 0. The van der Waals surface area contributed by atoms with Crippen molar-refractivity contribution in [3.05, 3.63) is 15.6 Å². The van der Waals surface area contributed by atoms with Crippen molar-refractivity contribution in [3.8, 4) is 0 Å². The molecule has 0 spiro atoms. The Morgan fingerprint density at radius 1 is 1.50 bits per heavy atom. The van der Waals surface area contributed by atoms with Crippen molar-refractivity contribution >= 4 is 23.2 Å². The summed E-state index contributed by atoms with van der Waals surface area (Å²) in [5.41, 5.74) is 5.83. The number of aromatic nitrogens is 1. The highest BCUT2D eigenvalue weighted by molar-refractivity contribution is 7.13. The number of nitrogens with two attached hydrogens (primary N) is 1. The van der Waals surface area contributed by atoms with Crippen molar-refractivity contribution in [1.29, 1.82) is 0 Å². The lowest BCUT2D eigenvalue weighted by Crippen LogP contribution is -2.25. The first-order valence-electron chi connectivity index (χ1n) is 5.71. The maximum Gasteiger partial charge on any atom is 0.347 e. The number of carboxylic acid groups (broad SMARTS) is 1. The van der Waals surface area contributed by atoms with Crippen LogP contribution in [0.25, 0.3) is 0 Å². The summed E-state index contributed by atoms with van der Waals surface area (Å²) in [6.07, 6.45) is 1.65. The van der Waals surface area contributed by atoms with Gasteiger partial charge in [0.05, 0.1) is 10.7 Å². The van der Waals surface area contributed by atoms with Crippen LogP contribution < -0.4 is 11.1 Å². The van der Waals surface area contributed by atoms with Crippen molar-refractivity contribution in [3.63, 3.8) is 0 Å². The molecule has 0 atom stereocenters. The molecule has 1 heterocycles. The van der Waals surface area contributed by atoms with E-state index < -0.39 is 5.97 Å². The molecule has 0 aliphatic carbocycles. The number of thiazole rings is 1. The van der Waals surface area contributed by atoms with Gasteiger partial charge in [-0.3, -0.25) is 4.79 Å². The van der Waals surface area contributed by atoms with Gasteiger partial charge in [0.1, 0.15) is 4.88 Å². The Labute approximate surface area is 109 Å². The zero-order chi connectivity index (χ0) is 13.5. The van der Waals surface area contributed by atoms with E-state index in [2.05, 4.69) is 10.3 Å². The number of nitrogens with one attached hydrogen (secondary N) is 1. The number of carbonyl (C=O) groups excluding carboxylic acids is 1. The Morgan fingerprint density at radius 2 is 2.22 bits per heavy atom. The summed E-state index contributed by atoms with van der Waals surface area (Å²) in [4.78, 5) is 26.5. The lowest BCUT2D eigenvalue weighted by molar-refractivity contribution is -0.121. The van der Waals surface area contributed by atoms with E-state index in [1.165, 1.54) is 0 Å². The normalized spacial score (nSPS) is 10.3. The maximum absolute atomic E-state index is 11.3. The fourth-order valence-electron chi connectivity index (χ4n) is 1.42. The number of nitrogens with zero attached hydrogens (tertiary/aromatic N) is 1. The van der Waals surface area contributed by atoms with Crippen LogP contribution in [0.3, 0.4) is 0 Å². The molecule has 0 radical (unpaired) electrons. The van der Waals surface area contributed by atoms with E-state index in [-0.39, 0.29) is 10.8 Å². The summed E-state index contributed by atoms with van der Waals surface area (Å²) in [5.74, 6) is -0.990. The molecule has 100 valence electrons. The molecule has 18 heavy (non-hydrogen) atoms. The number of amides is 1. The third-order valence-electron chi connectivity index (χ3n) is 2.30. The van der Waals surface area contributed by atoms with E-state index in [4.69, 9.17) is 10.8 Å². The summed E-state index contributed by atoms with van der Waals surface area (Å²) < 4.78 is 0. The molecule has 0 aromatic carbocycles. The predicted molar refractivity (Wildman–Crippen MR) is 68.8 cm³/mol. The number of rotatable bonds is 7. The highest BCUT2D eigenvalue weighted by Crippen LogP contribution is 2.17. The fraction of sp³-hybridized carbons (Fsp3) is 0.545. The molecule has 1 aromatic heterocycles. The maximum atomic E-state index is 11.3. The van der Waals surface area contributed by atoms with Gasteiger partial charge >= 0.3 is 5.97 Å². The van der Waals surface area contributed by atoms with Crippen LogP contribution in [-0.4, -0.2) is 35.1 Å². The summed E-state index contributed by atoms with van der Waals surface area (Å²) in [5, 5.41) is 12.4. The van der Waals surface area contributed by atoms with Crippen LogP contribution in [0.2, 0.25) is 0 Å². The third-order valence-corrected chi connectivity index (χ3v) is 3.51. The SMILES string of the molecule is Cc1nc(CCNC(=O)CCCN)sc1C(=O)O. The zero-order valence-corrected chi connectivity index (χ0v) is 11.0. The minimum atomic E-state index is -0.955. The highest BCUT2D eigenvalue weighted by Gasteiger charge is 2.13. The van der Waals surface area contributed by atoms with E-state index in [9.17, 15) is 9.59 Å². The smallest absolute Gasteiger partial charge is 0.347 e.